The third-order valence-electron chi connectivity index (χ3n) is 6.01. The normalized spacial score (nSPS) is 11.8. The monoisotopic (exact) mass is 553 g/mol. The molecule has 0 unspecified atom stereocenters. The number of carbonyl (C=O) groups is 1. The summed E-state index contributed by atoms with van der Waals surface area (Å²) >= 11 is 0. The van der Waals surface area contributed by atoms with E-state index >= 15 is 0 Å². The molecule has 4 aromatic rings. The molecule has 4 heterocycles. The number of rotatable bonds is 11. The van der Waals surface area contributed by atoms with E-state index in [9.17, 15) is 13.6 Å². The highest BCUT2D eigenvalue weighted by atomic mass is 28.3. The number of fused-ring (bicyclic) bond motifs is 1. The number of amides is 1. The van der Waals surface area contributed by atoms with Crippen LogP contribution in [0.4, 0.5) is 14.6 Å². The number of ether oxygens (including phenoxy) is 2. The maximum atomic E-state index is 13.7. The number of hydrogen-bond donors (Lipinski definition) is 1. The van der Waals surface area contributed by atoms with Crippen LogP contribution in [0.3, 0.4) is 0 Å². The van der Waals surface area contributed by atoms with Crippen LogP contribution in [0.25, 0.3) is 33.5 Å². The van der Waals surface area contributed by atoms with Gasteiger partial charge in [0.2, 0.25) is 5.91 Å². The van der Waals surface area contributed by atoms with Gasteiger partial charge in [0.25, 0.3) is 6.43 Å². The topological polar surface area (TPSA) is 91.2 Å². The van der Waals surface area contributed by atoms with Gasteiger partial charge in [0.1, 0.15) is 35.0 Å². The van der Waals surface area contributed by atoms with E-state index in [1.807, 2.05) is 11.5 Å². The zero-order valence-electron chi connectivity index (χ0n) is 22.8. The van der Waals surface area contributed by atoms with Crippen LogP contribution in [0.1, 0.15) is 26.0 Å². The fourth-order valence-electron chi connectivity index (χ4n) is 4.26. The van der Waals surface area contributed by atoms with E-state index in [2.05, 4.69) is 39.9 Å². The number of pyridine rings is 3. The SMILES string of the molecule is CCOc1ccnc2c(-c3cccc(C(F)F)n3)c(-c3ccnc(NC(C)=O)c3)n(COCC[Si](C)(C)C)c12. The van der Waals surface area contributed by atoms with Gasteiger partial charge in [0.15, 0.2) is 0 Å². The molecule has 11 heteroatoms. The van der Waals surface area contributed by atoms with Crippen molar-refractivity contribution in [1.29, 1.82) is 0 Å². The summed E-state index contributed by atoms with van der Waals surface area (Å²) in [5.74, 6) is 0.682. The summed E-state index contributed by atoms with van der Waals surface area (Å²) in [6, 6.07) is 10.8. The molecule has 1 N–H and O–H groups in total. The number of carbonyl (C=O) groups excluding carboxylic acids is 1. The van der Waals surface area contributed by atoms with Gasteiger partial charge in [-0.3, -0.25) is 9.78 Å². The highest BCUT2D eigenvalue weighted by Gasteiger charge is 2.26. The lowest BCUT2D eigenvalue weighted by Gasteiger charge is -2.18. The van der Waals surface area contributed by atoms with Crippen LogP contribution >= 0.6 is 0 Å². The third-order valence-corrected chi connectivity index (χ3v) is 7.71. The quantitative estimate of drug-likeness (QED) is 0.163. The van der Waals surface area contributed by atoms with Crippen molar-refractivity contribution in [3.63, 3.8) is 0 Å². The van der Waals surface area contributed by atoms with Gasteiger partial charge in [-0.25, -0.2) is 18.7 Å². The van der Waals surface area contributed by atoms with Crippen molar-refractivity contribution >= 4 is 30.8 Å². The van der Waals surface area contributed by atoms with Crippen molar-refractivity contribution in [2.24, 2.45) is 0 Å². The number of aromatic nitrogens is 4. The third kappa shape index (κ3) is 6.66. The molecular weight excluding hydrogens is 520 g/mol. The molecule has 0 saturated carbocycles. The van der Waals surface area contributed by atoms with E-state index in [4.69, 9.17) is 9.47 Å². The van der Waals surface area contributed by atoms with Crippen LogP contribution in [-0.2, 0) is 16.3 Å². The fraction of sp³-hybridized carbons (Fsp3) is 0.357. The highest BCUT2D eigenvalue weighted by molar-refractivity contribution is 6.76. The van der Waals surface area contributed by atoms with Crippen LogP contribution in [0, 0.1) is 0 Å². The number of halogens is 2. The van der Waals surface area contributed by atoms with Gasteiger partial charge in [-0.05, 0) is 37.2 Å². The van der Waals surface area contributed by atoms with E-state index < -0.39 is 14.5 Å². The first-order chi connectivity index (χ1) is 18.6. The van der Waals surface area contributed by atoms with Gasteiger partial charge in [-0.2, -0.15) is 0 Å². The average molecular weight is 554 g/mol. The molecule has 39 heavy (non-hydrogen) atoms. The Morgan fingerprint density at radius 2 is 1.90 bits per heavy atom. The fourth-order valence-corrected chi connectivity index (χ4v) is 5.01. The van der Waals surface area contributed by atoms with Crippen LogP contribution < -0.4 is 10.1 Å². The number of alkyl halides is 2. The molecule has 0 aromatic carbocycles. The van der Waals surface area contributed by atoms with Crippen molar-refractivity contribution in [2.75, 3.05) is 18.5 Å². The Kier molecular flexibility index (Phi) is 8.71. The highest BCUT2D eigenvalue weighted by Crippen LogP contribution is 2.43. The van der Waals surface area contributed by atoms with Crippen molar-refractivity contribution in [1.82, 2.24) is 19.5 Å². The lowest BCUT2D eigenvalue weighted by Crippen LogP contribution is -2.22. The summed E-state index contributed by atoms with van der Waals surface area (Å²) < 4.78 is 41.5. The second-order valence-electron chi connectivity index (χ2n) is 10.3. The van der Waals surface area contributed by atoms with E-state index in [0.29, 0.717) is 58.3 Å². The molecule has 1 amide bonds. The Labute approximate surface area is 227 Å². The molecule has 0 fully saturated rings. The average Bonchev–Trinajstić information content (AvgIpc) is 3.21. The molecule has 0 aliphatic rings. The van der Waals surface area contributed by atoms with Crippen molar-refractivity contribution in [3.8, 4) is 28.3 Å². The largest absolute Gasteiger partial charge is 0.492 e. The summed E-state index contributed by atoms with van der Waals surface area (Å²) in [4.78, 5) is 25.0. The number of anilines is 1. The minimum atomic E-state index is -2.73. The van der Waals surface area contributed by atoms with E-state index in [0.717, 1.165) is 6.04 Å². The molecule has 0 atom stereocenters. The van der Waals surface area contributed by atoms with Crippen LogP contribution in [0.2, 0.25) is 25.7 Å². The van der Waals surface area contributed by atoms with Gasteiger partial charge >= 0.3 is 0 Å². The second-order valence-corrected chi connectivity index (χ2v) is 15.9. The molecule has 0 saturated heterocycles. The van der Waals surface area contributed by atoms with Crippen LogP contribution in [0.15, 0.2) is 48.8 Å². The lowest BCUT2D eigenvalue weighted by atomic mass is 10.0. The zero-order chi connectivity index (χ0) is 28.2. The molecule has 4 rings (SSSR count). The van der Waals surface area contributed by atoms with Crippen LogP contribution in [-0.4, -0.2) is 46.7 Å². The van der Waals surface area contributed by atoms with Crippen LogP contribution in [0.5, 0.6) is 5.75 Å². The predicted molar refractivity (Wildman–Crippen MR) is 151 cm³/mol. The summed E-state index contributed by atoms with van der Waals surface area (Å²) in [5.41, 5.74) is 3.10. The van der Waals surface area contributed by atoms with Gasteiger partial charge in [-0.1, -0.05) is 25.7 Å². The number of nitrogens with one attached hydrogen (secondary N) is 1. The maximum absolute atomic E-state index is 13.7. The van der Waals surface area contributed by atoms with Crippen molar-refractivity contribution in [3.05, 3.63) is 54.5 Å². The second kappa shape index (κ2) is 12.0. The summed E-state index contributed by atoms with van der Waals surface area (Å²) in [6.45, 7) is 11.3. The zero-order valence-corrected chi connectivity index (χ0v) is 23.8. The van der Waals surface area contributed by atoms with Gasteiger partial charge in [-0.15, -0.1) is 0 Å². The molecule has 0 bridgehead atoms. The summed E-state index contributed by atoms with van der Waals surface area (Å²) in [7, 11) is -1.34. The first-order valence-corrected chi connectivity index (χ1v) is 16.5. The Balaban J connectivity index is 2.00. The molecule has 0 aliphatic carbocycles. The minimum absolute atomic E-state index is 0.175. The van der Waals surface area contributed by atoms with Crippen molar-refractivity contribution < 1.29 is 23.0 Å². The Morgan fingerprint density at radius 1 is 1.13 bits per heavy atom. The standard InChI is InChI=1S/C28H33F2N5O3Si/c1-6-38-22-11-13-32-25-24(20-8-7-9-21(34-20)28(29)30)26(19-10-12-31-23(16-19)33-18(2)36)35(27(22)25)17-37-14-15-39(3,4)5/h7-13,16,28H,6,14-15,17H2,1-5H3,(H,31,33,36). The maximum Gasteiger partial charge on any atom is 0.280 e. The van der Waals surface area contributed by atoms with E-state index in [-0.39, 0.29) is 18.3 Å². The first kappa shape index (κ1) is 28.3. The molecule has 0 aliphatic heterocycles. The molecule has 206 valence electrons. The van der Waals surface area contributed by atoms with Gasteiger partial charge < -0.3 is 19.4 Å². The minimum Gasteiger partial charge on any atom is -0.492 e. The molecule has 4 aromatic heterocycles. The van der Waals surface area contributed by atoms with Gasteiger partial charge in [0, 0.05) is 45.6 Å². The molecule has 8 nitrogen and oxygen atoms in total. The Hall–Kier alpha value is -3.70. The van der Waals surface area contributed by atoms with E-state index in [1.54, 1.807) is 42.7 Å². The van der Waals surface area contributed by atoms with E-state index in [1.165, 1.54) is 13.0 Å². The number of hydrogen-bond acceptors (Lipinski definition) is 6. The summed E-state index contributed by atoms with van der Waals surface area (Å²) in [5, 5.41) is 2.71. The molecule has 0 radical (unpaired) electrons. The van der Waals surface area contributed by atoms with Crippen molar-refractivity contribution in [2.45, 2.75) is 52.7 Å². The Morgan fingerprint density at radius 3 is 2.59 bits per heavy atom. The molecule has 0 spiro atoms. The number of nitrogens with zero attached hydrogens (tertiary/aromatic N) is 4. The van der Waals surface area contributed by atoms with Gasteiger partial charge in [0.05, 0.1) is 23.6 Å². The Bertz CT molecular complexity index is 1470. The molecular formula is C28H33F2N5O3Si. The smallest absolute Gasteiger partial charge is 0.280 e. The lowest BCUT2D eigenvalue weighted by molar-refractivity contribution is -0.114. The predicted octanol–water partition coefficient (Wildman–Crippen LogP) is 6.77. The first-order valence-electron chi connectivity index (χ1n) is 12.8. The summed E-state index contributed by atoms with van der Waals surface area (Å²) in [6.07, 6.45) is 0.479.